The Morgan fingerprint density at radius 2 is 1.97 bits per heavy atom. The first-order valence-electron chi connectivity index (χ1n) is 12.9. The van der Waals surface area contributed by atoms with E-state index in [1.54, 1.807) is 43.3 Å². The number of aromatic nitrogens is 2. The SMILES string of the molecule is CC1=C[C@]23C(=O)[C@@H](C=C(CO)[C@@H](O)[C@]2(O)[C@H]1OC(=O)c1cnnc2ccccc12)[C@H]1[C@@H](C[C@H]3C)C1(C)C. The van der Waals surface area contributed by atoms with Crippen LogP contribution in [0.3, 0.4) is 0 Å². The molecule has 0 amide bonds. The molecule has 0 unspecified atom stereocenters. The lowest BCUT2D eigenvalue weighted by molar-refractivity contribution is -0.190. The normalized spacial score (nSPS) is 39.6. The van der Waals surface area contributed by atoms with Crippen molar-refractivity contribution in [3.05, 3.63) is 59.3 Å². The number of nitrogens with zero attached hydrogens (tertiary/aromatic N) is 2. The summed E-state index contributed by atoms with van der Waals surface area (Å²) in [6.07, 6.45) is 2.49. The summed E-state index contributed by atoms with van der Waals surface area (Å²) in [5.41, 5.74) is -2.34. The Morgan fingerprint density at radius 1 is 1.24 bits per heavy atom. The summed E-state index contributed by atoms with van der Waals surface area (Å²) in [4.78, 5) is 27.9. The van der Waals surface area contributed by atoms with Crippen LogP contribution >= 0.6 is 0 Å². The number of aliphatic hydroxyl groups excluding tert-OH is 2. The average molecular weight is 505 g/mol. The van der Waals surface area contributed by atoms with Gasteiger partial charge in [0.05, 0.1) is 29.3 Å². The smallest absolute Gasteiger partial charge is 0.341 e. The van der Waals surface area contributed by atoms with Gasteiger partial charge in [-0.05, 0) is 53.7 Å². The quantitative estimate of drug-likeness (QED) is 0.430. The molecule has 4 aliphatic carbocycles. The number of carbonyl (C=O) groups excluding carboxylic acids is 2. The van der Waals surface area contributed by atoms with Crippen LogP contribution in [0.25, 0.3) is 10.9 Å². The number of aliphatic hydroxyl groups is 3. The standard InChI is InChI=1S/C29H32N2O6/c1-14-11-28-15(2)9-20-22(27(20,3)4)18(24(28)34)10-16(13-32)23(33)29(28,36)25(14)37-26(35)19-12-30-31-21-8-6-5-7-17(19)21/h5-8,10-12,15,18,20,22-23,25,32-33,36H,9,13H2,1-4H3/t15-,18+,20-,22+,23-,25+,28+,29+/m1/s1. The number of ether oxygens (including phenoxy) is 1. The van der Waals surface area contributed by atoms with Crippen LogP contribution in [-0.4, -0.2) is 61.7 Å². The minimum atomic E-state index is -2.18. The molecule has 8 heteroatoms. The molecule has 194 valence electrons. The van der Waals surface area contributed by atoms with Gasteiger partial charge >= 0.3 is 5.97 Å². The van der Waals surface area contributed by atoms with E-state index in [9.17, 15) is 24.9 Å². The fraction of sp³-hybridized carbons (Fsp3) is 0.517. The summed E-state index contributed by atoms with van der Waals surface area (Å²) < 4.78 is 5.97. The van der Waals surface area contributed by atoms with Gasteiger partial charge in [0.2, 0.25) is 0 Å². The van der Waals surface area contributed by atoms with Gasteiger partial charge in [-0.2, -0.15) is 10.2 Å². The Labute approximate surface area is 215 Å². The van der Waals surface area contributed by atoms with E-state index in [1.165, 1.54) is 6.20 Å². The summed E-state index contributed by atoms with van der Waals surface area (Å²) in [5, 5.41) is 42.9. The third-order valence-electron chi connectivity index (χ3n) is 9.89. The van der Waals surface area contributed by atoms with Crippen LogP contribution in [0.2, 0.25) is 0 Å². The lowest BCUT2D eigenvalue weighted by Crippen LogP contribution is -2.65. The fourth-order valence-corrected chi connectivity index (χ4v) is 7.93. The van der Waals surface area contributed by atoms with Crippen LogP contribution in [0.4, 0.5) is 0 Å². The number of rotatable bonds is 3. The molecular formula is C29H32N2O6. The van der Waals surface area contributed by atoms with Crippen LogP contribution in [0.5, 0.6) is 0 Å². The largest absolute Gasteiger partial charge is 0.451 e. The Bertz CT molecular complexity index is 1390. The first-order valence-corrected chi connectivity index (χ1v) is 12.9. The van der Waals surface area contributed by atoms with Gasteiger partial charge in [-0.25, -0.2) is 4.79 Å². The van der Waals surface area contributed by atoms with Gasteiger partial charge < -0.3 is 20.1 Å². The Hall–Kier alpha value is -2.94. The van der Waals surface area contributed by atoms with Crippen LogP contribution in [0.1, 0.15) is 44.5 Å². The maximum atomic E-state index is 14.4. The van der Waals surface area contributed by atoms with Crippen molar-refractivity contribution >= 4 is 22.7 Å². The molecule has 1 heterocycles. The van der Waals surface area contributed by atoms with Crippen molar-refractivity contribution in [3.8, 4) is 0 Å². The van der Waals surface area contributed by atoms with Gasteiger partial charge in [0, 0.05) is 11.3 Å². The van der Waals surface area contributed by atoms with Crippen LogP contribution in [0, 0.1) is 34.5 Å². The minimum absolute atomic E-state index is 0.0562. The summed E-state index contributed by atoms with van der Waals surface area (Å²) in [7, 11) is 0. The second-order valence-electron chi connectivity index (χ2n) is 11.9. The third kappa shape index (κ3) is 2.95. The van der Waals surface area contributed by atoms with E-state index < -0.39 is 41.7 Å². The molecule has 3 N–H and O–H groups in total. The first kappa shape index (κ1) is 24.4. The molecule has 4 aliphatic rings. The van der Waals surface area contributed by atoms with Gasteiger partial charge in [0.25, 0.3) is 0 Å². The highest BCUT2D eigenvalue weighted by Gasteiger charge is 2.76. The molecule has 1 aromatic carbocycles. The molecule has 37 heavy (non-hydrogen) atoms. The highest BCUT2D eigenvalue weighted by Crippen LogP contribution is 2.71. The van der Waals surface area contributed by atoms with Crippen molar-refractivity contribution in [2.45, 2.75) is 51.9 Å². The zero-order valence-corrected chi connectivity index (χ0v) is 21.4. The fourth-order valence-electron chi connectivity index (χ4n) is 7.93. The van der Waals surface area contributed by atoms with Crippen LogP contribution < -0.4 is 0 Å². The van der Waals surface area contributed by atoms with E-state index in [0.717, 1.165) is 0 Å². The van der Waals surface area contributed by atoms with Crippen molar-refractivity contribution in [2.75, 3.05) is 6.61 Å². The third-order valence-corrected chi connectivity index (χ3v) is 9.89. The highest BCUT2D eigenvalue weighted by molar-refractivity contribution is 6.03. The summed E-state index contributed by atoms with van der Waals surface area (Å²) in [6.45, 7) is 7.42. The molecule has 2 saturated carbocycles. The zero-order chi connectivity index (χ0) is 26.5. The van der Waals surface area contributed by atoms with Crippen molar-refractivity contribution in [1.29, 1.82) is 0 Å². The lowest BCUT2D eigenvalue weighted by atomic mass is 9.59. The van der Waals surface area contributed by atoms with Gasteiger partial charge in [-0.1, -0.05) is 51.1 Å². The number of Topliss-reactive ketones (excluding diaryl/α,β-unsaturated/α-hetero) is 1. The molecule has 8 atom stereocenters. The predicted molar refractivity (Wildman–Crippen MR) is 134 cm³/mol. The van der Waals surface area contributed by atoms with E-state index in [-0.39, 0.29) is 40.1 Å². The van der Waals surface area contributed by atoms with E-state index in [1.807, 2.05) is 6.92 Å². The van der Waals surface area contributed by atoms with E-state index >= 15 is 0 Å². The molecule has 6 rings (SSSR count). The summed E-state index contributed by atoms with van der Waals surface area (Å²) in [5.74, 6) is -1.47. The van der Waals surface area contributed by atoms with E-state index in [2.05, 4.69) is 24.0 Å². The number of fused-ring (bicyclic) bond motifs is 4. The Morgan fingerprint density at radius 3 is 2.70 bits per heavy atom. The van der Waals surface area contributed by atoms with Crippen LogP contribution in [-0.2, 0) is 9.53 Å². The minimum Gasteiger partial charge on any atom is -0.451 e. The van der Waals surface area contributed by atoms with E-state index in [4.69, 9.17) is 4.74 Å². The molecule has 2 fully saturated rings. The molecule has 8 nitrogen and oxygen atoms in total. The molecule has 0 saturated heterocycles. The zero-order valence-electron chi connectivity index (χ0n) is 21.4. The molecule has 2 bridgehead atoms. The molecule has 0 aliphatic heterocycles. The Balaban J connectivity index is 1.47. The molecular weight excluding hydrogens is 472 g/mol. The van der Waals surface area contributed by atoms with Crippen LogP contribution in [0.15, 0.2) is 53.8 Å². The average Bonchev–Trinajstić information content (AvgIpc) is 3.37. The number of carbonyl (C=O) groups is 2. The highest BCUT2D eigenvalue weighted by atomic mass is 16.6. The number of ketones is 1. The molecule has 2 aromatic rings. The number of hydrogen-bond acceptors (Lipinski definition) is 8. The number of hydrogen-bond donors (Lipinski definition) is 3. The van der Waals surface area contributed by atoms with Gasteiger partial charge in [0.15, 0.2) is 17.5 Å². The monoisotopic (exact) mass is 504 g/mol. The first-order chi connectivity index (χ1) is 17.5. The summed E-state index contributed by atoms with van der Waals surface area (Å²) in [6, 6.07) is 7.02. The van der Waals surface area contributed by atoms with Gasteiger partial charge in [0.1, 0.15) is 6.10 Å². The maximum absolute atomic E-state index is 14.4. The number of benzene rings is 1. The Kier molecular flexibility index (Phi) is 5.13. The van der Waals surface area contributed by atoms with Gasteiger partial charge in [-0.3, -0.25) is 4.79 Å². The van der Waals surface area contributed by atoms with Crippen molar-refractivity contribution < 1.29 is 29.6 Å². The topological polar surface area (TPSA) is 130 Å². The second-order valence-corrected chi connectivity index (χ2v) is 11.9. The van der Waals surface area contributed by atoms with Crippen molar-refractivity contribution in [2.24, 2.45) is 34.5 Å². The van der Waals surface area contributed by atoms with Gasteiger partial charge in [-0.15, -0.1) is 0 Å². The number of esters is 1. The van der Waals surface area contributed by atoms with Crippen molar-refractivity contribution in [1.82, 2.24) is 10.2 Å². The van der Waals surface area contributed by atoms with Crippen molar-refractivity contribution in [3.63, 3.8) is 0 Å². The van der Waals surface area contributed by atoms with E-state index in [0.29, 0.717) is 22.9 Å². The molecule has 0 radical (unpaired) electrons. The molecule has 1 aromatic heterocycles. The number of allylic oxidation sites excluding steroid dienone is 1. The maximum Gasteiger partial charge on any atom is 0.341 e. The molecule has 1 spiro atoms. The summed E-state index contributed by atoms with van der Waals surface area (Å²) >= 11 is 0. The second kappa shape index (κ2) is 7.79. The lowest BCUT2D eigenvalue weighted by Gasteiger charge is -2.48. The predicted octanol–water partition coefficient (Wildman–Crippen LogP) is 2.62.